The number of ether oxygens (including phenoxy) is 1. The number of carbonyl (C=O) groups is 1. The molecule has 1 aromatic rings. The molecule has 1 N–H and O–H groups in total. The predicted octanol–water partition coefficient (Wildman–Crippen LogP) is 4.77. The summed E-state index contributed by atoms with van der Waals surface area (Å²) >= 11 is 11.8. The summed E-state index contributed by atoms with van der Waals surface area (Å²) < 4.78 is 5.22. The third kappa shape index (κ3) is 6.02. The maximum atomic E-state index is 11.8. The summed E-state index contributed by atoms with van der Waals surface area (Å²) in [6, 6.07) is 4.72. The van der Waals surface area contributed by atoms with Crippen LogP contribution < -0.4 is 5.32 Å². The van der Waals surface area contributed by atoms with Gasteiger partial charge >= 0.3 is 5.97 Å². The zero-order valence-corrected chi connectivity index (χ0v) is 13.6. The molecule has 112 valence electrons. The van der Waals surface area contributed by atoms with Crippen molar-refractivity contribution in [1.29, 1.82) is 0 Å². The molecule has 20 heavy (non-hydrogen) atoms. The van der Waals surface area contributed by atoms with Crippen LogP contribution in [0.1, 0.15) is 33.6 Å². The molecule has 0 spiro atoms. The fourth-order valence-corrected chi connectivity index (χ4v) is 1.98. The highest BCUT2D eigenvalue weighted by Gasteiger charge is 2.14. The quantitative estimate of drug-likeness (QED) is 0.581. The van der Waals surface area contributed by atoms with Crippen molar-refractivity contribution in [1.82, 2.24) is 0 Å². The van der Waals surface area contributed by atoms with Crippen molar-refractivity contribution in [2.75, 3.05) is 11.9 Å². The van der Waals surface area contributed by atoms with E-state index in [1.807, 2.05) is 0 Å². The number of nitrogens with one attached hydrogen (secondary N) is 1. The molecule has 0 radical (unpaired) electrons. The van der Waals surface area contributed by atoms with Gasteiger partial charge in [-0.25, -0.2) is 4.79 Å². The van der Waals surface area contributed by atoms with Crippen molar-refractivity contribution in [3.8, 4) is 0 Å². The molecule has 1 aromatic carbocycles. The molecule has 3 nitrogen and oxygen atoms in total. The Morgan fingerprint density at radius 2 is 1.95 bits per heavy atom. The first-order valence-electron chi connectivity index (χ1n) is 6.78. The van der Waals surface area contributed by atoms with Crippen LogP contribution >= 0.6 is 23.2 Å². The molecule has 0 fully saturated rings. The SMILES string of the molecule is CC(C)CCCOC(=O)[C@H](C)Nc1ccc(Cl)c(Cl)c1. The number of esters is 1. The van der Waals surface area contributed by atoms with Crippen LogP contribution in [0.2, 0.25) is 10.0 Å². The Morgan fingerprint density at radius 1 is 1.25 bits per heavy atom. The standard InChI is InChI=1S/C15H21Cl2NO2/c1-10(2)5-4-8-20-15(19)11(3)18-12-6-7-13(16)14(17)9-12/h6-7,9-11,18H,4-5,8H2,1-3H3/t11-/m0/s1. The summed E-state index contributed by atoms with van der Waals surface area (Å²) in [7, 11) is 0. The third-order valence-corrected chi connectivity index (χ3v) is 3.57. The molecule has 1 rings (SSSR count). The molecule has 0 unspecified atom stereocenters. The first-order valence-corrected chi connectivity index (χ1v) is 7.54. The fraction of sp³-hybridized carbons (Fsp3) is 0.533. The van der Waals surface area contributed by atoms with E-state index in [2.05, 4.69) is 19.2 Å². The molecule has 0 saturated heterocycles. The highest BCUT2D eigenvalue weighted by atomic mass is 35.5. The topological polar surface area (TPSA) is 38.3 Å². The molecular formula is C15H21Cl2NO2. The lowest BCUT2D eigenvalue weighted by molar-refractivity contribution is -0.144. The van der Waals surface area contributed by atoms with Crippen molar-refractivity contribution < 1.29 is 9.53 Å². The minimum atomic E-state index is -0.425. The normalized spacial score (nSPS) is 12.3. The Bertz CT molecular complexity index is 449. The van der Waals surface area contributed by atoms with Crippen LogP contribution in [0.15, 0.2) is 18.2 Å². The molecule has 0 bridgehead atoms. The fourth-order valence-electron chi connectivity index (χ4n) is 1.68. The molecule has 0 amide bonds. The van der Waals surface area contributed by atoms with E-state index in [9.17, 15) is 4.79 Å². The van der Waals surface area contributed by atoms with Gasteiger partial charge in [-0.1, -0.05) is 37.0 Å². The third-order valence-electron chi connectivity index (χ3n) is 2.83. The van der Waals surface area contributed by atoms with Crippen molar-refractivity contribution in [2.24, 2.45) is 5.92 Å². The Kier molecular flexibility index (Phi) is 7.17. The van der Waals surface area contributed by atoms with E-state index in [-0.39, 0.29) is 5.97 Å². The lowest BCUT2D eigenvalue weighted by atomic mass is 10.1. The van der Waals surface area contributed by atoms with Crippen LogP contribution in [0.5, 0.6) is 0 Å². The van der Waals surface area contributed by atoms with Gasteiger partial charge in [0.05, 0.1) is 16.7 Å². The number of benzene rings is 1. The van der Waals surface area contributed by atoms with Gasteiger partial charge in [0.1, 0.15) is 6.04 Å². The van der Waals surface area contributed by atoms with E-state index >= 15 is 0 Å². The second-order valence-corrected chi connectivity index (χ2v) is 6.01. The zero-order valence-electron chi connectivity index (χ0n) is 12.1. The summed E-state index contributed by atoms with van der Waals surface area (Å²) in [5.74, 6) is 0.361. The van der Waals surface area contributed by atoms with Gasteiger partial charge in [0.15, 0.2) is 0 Å². The van der Waals surface area contributed by atoms with E-state index in [1.54, 1.807) is 25.1 Å². The summed E-state index contributed by atoms with van der Waals surface area (Å²) in [4.78, 5) is 11.8. The summed E-state index contributed by atoms with van der Waals surface area (Å²) in [6.07, 6.45) is 1.95. The smallest absolute Gasteiger partial charge is 0.328 e. The Labute approximate surface area is 130 Å². The van der Waals surface area contributed by atoms with Crippen LogP contribution in [0.4, 0.5) is 5.69 Å². The lowest BCUT2D eigenvalue weighted by Crippen LogP contribution is -2.28. The van der Waals surface area contributed by atoms with E-state index in [1.165, 1.54) is 0 Å². The Hall–Kier alpha value is -0.930. The first kappa shape index (κ1) is 17.1. The minimum Gasteiger partial charge on any atom is -0.464 e. The highest BCUT2D eigenvalue weighted by molar-refractivity contribution is 6.42. The lowest BCUT2D eigenvalue weighted by Gasteiger charge is -2.15. The molecule has 0 aliphatic heterocycles. The summed E-state index contributed by atoms with van der Waals surface area (Å²) in [5.41, 5.74) is 0.742. The van der Waals surface area contributed by atoms with Gasteiger partial charge in [-0.15, -0.1) is 0 Å². The predicted molar refractivity (Wildman–Crippen MR) is 84.6 cm³/mol. The maximum Gasteiger partial charge on any atom is 0.328 e. The van der Waals surface area contributed by atoms with Crippen LogP contribution in [-0.4, -0.2) is 18.6 Å². The molecule has 0 aromatic heterocycles. The summed E-state index contributed by atoms with van der Waals surface area (Å²) in [5, 5.41) is 3.98. The van der Waals surface area contributed by atoms with Gasteiger partial charge in [-0.2, -0.15) is 0 Å². The van der Waals surface area contributed by atoms with E-state index in [0.717, 1.165) is 18.5 Å². The van der Waals surface area contributed by atoms with Gasteiger partial charge in [0, 0.05) is 5.69 Å². The van der Waals surface area contributed by atoms with Crippen molar-refractivity contribution in [2.45, 2.75) is 39.7 Å². The van der Waals surface area contributed by atoms with Crippen molar-refractivity contribution in [3.05, 3.63) is 28.2 Å². The second-order valence-electron chi connectivity index (χ2n) is 5.20. The van der Waals surface area contributed by atoms with Crippen LogP contribution in [0, 0.1) is 5.92 Å². The zero-order chi connectivity index (χ0) is 15.1. The number of rotatable bonds is 7. The van der Waals surface area contributed by atoms with Gasteiger partial charge in [0.2, 0.25) is 0 Å². The molecule has 0 aliphatic carbocycles. The maximum absolute atomic E-state index is 11.8. The molecule has 0 heterocycles. The summed E-state index contributed by atoms with van der Waals surface area (Å²) in [6.45, 7) is 6.52. The Balaban J connectivity index is 2.39. The van der Waals surface area contributed by atoms with Crippen molar-refractivity contribution >= 4 is 34.9 Å². The Morgan fingerprint density at radius 3 is 2.55 bits per heavy atom. The first-order chi connectivity index (χ1) is 9.40. The van der Waals surface area contributed by atoms with Crippen LogP contribution in [0.3, 0.4) is 0 Å². The second kappa shape index (κ2) is 8.38. The molecule has 5 heteroatoms. The minimum absolute atomic E-state index is 0.264. The van der Waals surface area contributed by atoms with Gasteiger partial charge < -0.3 is 10.1 Å². The van der Waals surface area contributed by atoms with Gasteiger partial charge in [-0.3, -0.25) is 0 Å². The van der Waals surface area contributed by atoms with Gasteiger partial charge in [0.25, 0.3) is 0 Å². The molecular weight excluding hydrogens is 297 g/mol. The number of hydrogen-bond donors (Lipinski definition) is 1. The van der Waals surface area contributed by atoms with E-state index < -0.39 is 6.04 Å². The average molecular weight is 318 g/mol. The van der Waals surface area contributed by atoms with Crippen molar-refractivity contribution in [3.63, 3.8) is 0 Å². The molecule has 0 saturated carbocycles. The molecule has 0 aliphatic rings. The largest absolute Gasteiger partial charge is 0.464 e. The number of carbonyl (C=O) groups excluding carboxylic acids is 1. The number of anilines is 1. The molecule has 1 atom stereocenters. The number of hydrogen-bond acceptors (Lipinski definition) is 3. The van der Waals surface area contributed by atoms with Crippen LogP contribution in [0.25, 0.3) is 0 Å². The highest BCUT2D eigenvalue weighted by Crippen LogP contribution is 2.25. The van der Waals surface area contributed by atoms with Gasteiger partial charge in [-0.05, 0) is 43.9 Å². The monoisotopic (exact) mass is 317 g/mol. The number of halogens is 2. The van der Waals surface area contributed by atoms with E-state index in [0.29, 0.717) is 22.6 Å². The average Bonchev–Trinajstić information content (AvgIpc) is 2.38. The van der Waals surface area contributed by atoms with Crippen LogP contribution in [-0.2, 0) is 9.53 Å². The van der Waals surface area contributed by atoms with E-state index in [4.69, 9.17) is 27.9 Å².